The van der Waals surface area contributed by atoms with Crippen molar-refractivity contribution in [3.63, 3.8) is 0 Å². The molecule has 0 spiro atoms. The highest BCUT2D eigenvalue weighted by atomic mass is 16.5. The number of aliphatic hydroxyl groups is 1. The van der Waals surface area contributed by atoms with E-state index in [1.165, 1.54) is 6.07 Å². The van der Waals surface area contributed by atoms with E-state index in [1.54, 1.807) is 12.1 Å². The van der Waals surface area contributed by atoms with Crippen molar-refractivity contribution in [1.82, 2.24) is 0 Å². The molecule has 1 aliphatic rings. The second-order valence-corrected chi connectivity index (χ2v) is 10.1. The number of aromatic hydroxyl groups is 3. The van der Waals surface area contributed by atoms with Crippen molar-refractivity contribution < 1.29 is 30.0 Å². The first-order chi connectivity index (χ1) is 16.9. The Morgan fingerprint density at radius 2 is 1.39 bits per heavy atom. The summed E-state index contributed by atoms with van der Waals surface area (Å²) >= 11 is 0. The van der Waals surface area contributed by atoms with E-state index < -0.39 is 18.0 Å². The molecule has 2 aromatic rings. The summed E-state index contributed by atoms with van der Waals surface area (Å²) in [7, 11) is 0. The minimum Gasteiger partial charge on any atom is -0.508 e. The summed E-state index contributed by atoms with van der Waals surface area (Å²) in [4.78, 5) is 13.4. The van der Waals surface area contributed by atoms with Gasteiger partial charge >= 0.3 is 0 Å². The summed E-state index contributed by atoms with van der Waals surface area (Å²) in [5, 5.41) is 43.5. The predicted molar refractivity (Wildman–Crippen MR) is 141 cm³/mol. The molecular formula is C30H36O6. The standard InChI is InChI=1S/C30H36O6/c1-16(2)7-10-19-15-20(11-14-23(19)31)29-28(35)27(34)24-26(33)21(12-8-17(3)4)25(32)22(30(24)36-29)13-9-18(5)6/h7-9,11,14-15,28-29,31-33,35H,10,12-13H2,1-6H3/t28-,29?/m0/s1. The van der Waals surface area contributed by atoms with Gasteiger partial charge in [-0.1, -0.05) is 41.0 Å². The molecule has 1 heterocycles. The smallest absolute Gasteiger partial charge is 0.202 e. The van der Waals surface area contributed by atoms with E-state index in [1.807, 2.05) is 59.8 Å². The van der Waals surface area contributed by atoms with Crippen molar-refractivity contribution in [2.45, 2.75) is 73.0 Å². The highest BCUT2D eigenvalue weighted by Crippen LogP contribution is 2.49. The Morgan fingerprint density at radius 3 is 1.97 bits per heavy atom. The van der Waals surface area contributed by atoms with Crippen molar-refractivity contribution in [2.24, 2.45) is 0 Å². The number of fused-ring (bicyclic) bond motifs is 1. The topological polar surface area (TPSA) is 107 Å². The molecule has 4 N–H and O–H groups in total. The zero-order valence-electron chi connectivity index (χ0n) is 21.8. The molecule has 0 fully saturated rings. The second-order valence-electron chi connectivity index (χ2n) is 10.1. The van der Waals surface area contributed by atoms with Crippen molar-refractivity contribution >= 4 is 5.78 Å². The van der Waals surface area contributed by atoms with Crippen molar-refractivity contribution in [1.29, 1.82) is 0 Å². The fourth-order valence-corrected chi connectivity index (χ4v) is 4.15. The molecule has 6 heteroatoms. The summed E-state index contributed by atoms with van der Waals surface area (Å²) < 4.78 is 6.19. The number of phenolic OH excluding ortho intramolecular Hbond substituents is 3. The van der Waals surface area contributed by atoms with Crippen LogP contribution in [0.3, 0.4) is 0 Å². The number of phenols is 3. The fourth-order valence-electron chi connectivity index (χ4n) is 4.15. The lowest BCUT2D eigenvalue weighted by Gasteiger charge is -2.33. The Hall–Kier alpha value is -3.51. The molecule has 1 unspecified atom stereocenters. The molecule has 0 radical (unpaired) electrons. The SMILES string of the molecule is CC(C)=CCc1cc(C2Oc3c(CC=C(C)C)c(O)c(CC=C(C)C)c(O)c3C(=O)[C@@H]2O)ccc1O. The quantitative estimate of drug-likeness (QED) is 0.353. The number of hydrogen-bond acceptors (Lipinski definition) is 6. The first kappa shape index (κ1) is 27.1. The predicted octanol–water partition coefficient (Wildman–Crippen LogP) is 6.01. The third-order valence-electron chi connectivity index (χ3n) is 6.23. The van der Waals surface area contributed by atoms with Gasteiger partial charge in [0, 0.05) is 11.1 Å². The van der Waals surface area contributed by atoms with E-state index in [0.717, 1.165) is 16.7 Å². The minimum absolute atomic E-state index is 0.0719. The Kier molecular flexibility index (Phi) is 8.31. The number of ketones is 1. The number of hydrogen-bond donors (Lipinski definition) is 4. The molecule has 0 saturated heterocycles. The van der Waals surface area contributed by atoms with Crippen LogP contribution in [0.4, 0.5) is 0 Å². The molecule has 0 aliphatic carbocycles. The molecular weight excluding hydrogens is 456 g/mol. The molecule has 2 aromatic carbocycles. The second kappa shape index (κ2) is 11.0. The molecule has 6 nitrogen and oxygen atoms in total. The maximum absolute atomic E-state index is 13.4. The van der Waals surface area contributed by atoms with Gasteiger partial charge in [-0.25, -0.2) is 0 Å². The van der Waals surface area contributed by atoms with Gasteiger partial charge in [0.15, 0.2) is 12.2 Å². The van der Waals surface area contributed by atoms with Crippen LogP contribution in [-0.4, -0.2) is 32.3 Å². The lowest BCUT2D eigenvalue weighted by molar-refractivity contribution is 0.0205. The fraction of sp³-hybridized carbons (Fsp3) is 0.367. The van der Waals surface area contributed by atoms with Crippen LogP contribution in [0.5, 0.6) is 23.0 Å². The zero-order chi connectivity index (χ0) is 26.7. The van der Waals surface area contributed by atoms with E-state index in [0.29, 0.717) is 23.1 Å². The van der Waals surface area contributed by atoms with Crippen molar-refractivity contribution in [3.05, 3.63) is 81.0 Å². The van der Waals surface area contributed by atoms with E-state index in [-0.39, 0.29) is 47.0 Å². The van der Waals surface area contributed by atoms with Crippen LogP contribution in [0.1, 0.15) is 80.3 Å². The van der Waals surface area contributed by atoms with Crippen LogP contribution in [0.15, 0.2) is 53.1 Å². The Labute approximate surface area is 212 Å². The molecule has 0 saturated carbocycles. The summed E-state index contributed by atoms with van der Waals surface area (Å²) in [6.45, 7) is 11.6. The summed E-state index contributed by atoms with van der Waals surface area (Å²) in [5.74, 6) is -0.994. The number of Topliss-reactive ketones (excluding diaryl/α,β-unsaturated/α-hetero) is 1. The van der Waals surface area contributed by atoms with Crippen LogP contribution in [-0.2, 0) is 19.3 Å². The zero-order valence-corrected chi connectivity index (χ0v) is 21.8. The number of benzene rings is 2. The number of allylic oxidation sites excluding steroid dienone is 6. The molecule has 192 valence electrons. The number of carbonyl (C=O) groups is 1. The summed E-state index contributed by atoms with van der Waals surface area (Å²) in [5.41, 5.74) is 4.75. The first-order valence-electron chi connectivity index (χ1n) is 12.1. The normalized spacial score (nSPS) is 16.6. The lowest BCUT2D eigenvalue weighted by atomic mass is 9.87. The summed E-state index contributed by atoms with van der Waals surface area (Å²) in [6, 6.07) is 4.83. The maximum atomic E-state index is 13.4. The summed E-state index contributed by atoms with van der Waals surface area (Å²) in [6.07, 6.45) is 4.09. The van der Waals surface area contributed by atoms with Gasteiger partial charge in [0.25, 0.3) is 0 Å². The van der Waals surface area contributed by atoms with E-state index in [9.17, 15) is 25.2 Å². The van der Waals surface area contributed by atoms with Gasteiger partial charge in [-0.2, -0.15) is 0 Å². The van der Waals surface area contributed by atoms with Crippen molar-refractivity contribution in [3.8, 4) is 23.0 Å². The molecule has 3 rings (SSSR count). The number of rotatable bonds is 7. The lowest BCUT2D eigenvalue weighted by Crippen LogP contribution is -2.37. The van der Waals surface area contributed by atoms with Gasteiger partial charge in [0.05, 0.1) is 0 Å². The van der Waals surface area contributed by atoms with Crippen LogP contribution in [0, 0.1) is 0 Å². The number of ether oxygens (including phenoxy) is 1. The molecule has 1 aliphatic heterocycles. The van der Waals surface area contributed by atoms with Crippen LogP contribution in [0.2, 0.25) is 0 Å². The van der Waals surface area contributed by atoms with Gasteiger partial charge in [0.2, 0.25) is 5.78 Å². The Bertz CT molecular complexity index is 1250. The average molecular weight is 493 g/mol. The van der Waals surface area contributed by atoms with Crippen LogP contribution >= 0.6 is 0 Å². The number of aliphatic hydroxyl groups excluding tert-OH is 1. The minimum atomic E-state index is -1.57. The van der Waals surface area contributed by atoms with Gasteiger partial charge in [-0.05, 0) is 84.1 Å². The third-order valence-corrected chi connectivity index (χ3v) is 6.23. The van der Waals surface area contributed by atoms with E-state index in [2.05, 4.69) is 0 Å². The van der Waals surface area contributed by atoms with E-state index in [4.69, 9.17) is 4.74 Å². The highest BCUT2D eigenvalue weighted by molar-refractivity contribution is 6.06. The van der Waals surface area contributed by atoms with E-state index >= 15 is 0 Å². The third kappa shape index (κ3) is 5.65. The molecule has 36 heavy (non-hydrogen) atoms. The maximum Gasteiger partial charge on any atom is 0.202 e. The Morgan fingerprint density at radius 1 is 0.833 bits per heavy atom. The number of carbonyl (C=O) groups excluding carboxylic acids is 1. The monoisotopic (exact) mass is 492 g/mol. The van der Waals surface area contributed by atoms with Gasteiger partial charge < -0.3 is 25.2 Å². The van der Waals surface area contributed by atoms with Gasteiger partial charge in [-0.3, -0.25) is 4.79 Å². The average Bonchev–Trinajstić information content (AvgIpc) is 2.79. The first-order valence-corrected chi connectivity index (χ1v) is 12.1. The van der Waals surface area contributed by atoms with Crippen molar-refractivity contribution in [2.75, 3.05) is 0 Å². The molecule has 0 aromatic heterocycles. The highest BCUT2D eigenvalue weighted by Gasteiger charge is 2.42. The largest absolute Gasteiger partial charge is 0.508 e. The van der Waals surface area contributed by atoms with Gasteiger partial charge in [0.1, 0.15) is 28.6 Å². The Balaban J connectivity index is 2.17. The molecule has 0 bridgehead atoms. The van der Waals surface area contributed by atoms with Gasteiger partial charge in [-0.15, -0.1) is 0 Å². The van der Waals surface area contributed by atoms with Crippen LogP contribution < -0.4 is 4.74 Å². The van der Waals surface area contributed by atoms with Crippen LogP contribution in [0.25, 0.3) is 0 Å². The molecule has 0 amide bonds. The molecule has 2 atom stereocenters.